The van der Waals surface area contributed by atoms with E-state index in [1.807, 2.05) is 12.1 Å². The number of ketones is 1. The maximum absolute atomic E-state index is 12.1. The normalized spacial score (nSPS) is 10.1. The van der Waals surface area contributed by atoms with Crippen molar-refractivity contribution in [2.24, 2.45) is 0 Å². The van der Waals surface area contributed by atoms with Crippen molar-refractivity contribution in [1.82, 2.24) is 0 Å². The molecule has 16 heavy (non-hydrogen) atoms. The average Bonchev–Trinajstić information content (AvgIpc) is 2.28. The van der Waals surface area contributed by atoms with Crippen LogP contribution in [-0.2, 0) is 0 Å². The first-order valence-corrected chi connectivity index (χ1v) is 5.90. The van der Waals surface area contributed by atoms with Crippen LogP contribution in [0.2, 0.25) is 5.02 Å². The molecule has 0 bridgehead atoms. The van der Waals surface area contributed by atoms with Gasteiger partial charge in [-0.15, -0.1) is 0 Å². The third-order valence-electron chi connectivity index (χ3n) is 2.17. The Labute approximate surface area is 107 Å². The Morgan fingerprint density at radius 3 is 2.25 bits per heavy atom. The summed E-state index contributed by atoms with van der Waals surface area (Å²) in [5.74, 6) is -0.0243. The minimum atomic E-state index is -0.0243. The zero-order chi connectivity index (χ0) is 11.5. The second-order valence-electron chi connectivity index (χ2n) is 3.35. The smallest absolute Gasteiger partial charge is 0.193 e. The van der Waals surface area contributed by atoms with Crippen molar-refractivity contribution in [2.75, 3.05) is 0 Å². The Kier molecular flexibility index (Phi) is 3.42. The van der Waals surface area contributed by atoms with Crippen LogP contribution in [0.4, 0.5) is 0 Å². The molecular weight excluding hydrogens is 287 g/mol. The highest BCUT2D eigenvalue weighted by atomic mass is 79.9. The SMILES string of the molecule is O=C(c1cccc(Cl)c1)c1cccc(Br)c1. The molecule has 0 radical (unpaired) electrons. The van der Waals surface area contributed by atoms with Gasteiger partial charge in [0.05, 0.1) is 0 Å². The number of hydrogen-bond donors (Lipinski definition) is 0. The summed E-state index contributed by atoms with van der Waals surface area (Å²) in [6, 6.07) is 14.3. The van der Waals surface area contributed by atoms with E-state index in [1.165, 1.54) is 0 Å². The van der Waals surface area contributed by atoms with E-state index in [4.69, 9.17) is 11.6 Å². The molecule has 0 atom stereocenters. The molecule has 0 N–H and O–H groups in total. The van der Waals surface area contributed by atoms with Crippen molar-refractivity contribution in [3.05, 3.63) is 69.2 Å². The summed E-state index contributed by atoms with van der Waals surface area (Å²) < 4.78 is 0.889. The van der Waals surface area contributed by atoms with E-state index in [2.05, 4.69) is 15.9 Å². The number of hydrogen-bond acceptors (Lipinski definition) is 1. The van der Waals surface area contributed by atoms with E-state index in [1.54, 1.807) is 36.4 Å². The van der Waals surface area contributed by atoms with E-state index in [0.717, 1.165) is 4.47 Å². The van der Waals surface area contributed by atoms with E-state index < -0.39 is 0 Å². The van der Waals surface area contributed by atoms with Gasteiger partial charge in [-0.25, -0.2) is 0 Å². The van der Waals surface area contributed by atoms with Crippen molar-refractivity contribution < 1.29 is 4.79 Å². The Morgan fingerprint density at radius 1 is 1.00 bits per heavy atom. The molecule has 2 aromatic rings. The summed E-state index contributed by atoms with van der Waals surface area (Å²) in [5, 5.41) is 0.570. The number of carbonyl (C=O) groups is 1. The monoisotopic (exact) mass is 294 g/mol. The highest BCUT2D eigenvalue weighted by Crippen LogP contribution is 2.17. The third-order valence-corrected chi connectivity index (χ3v) is 2.90. The predicted molar refractivity (Wildman–Crippen MR) is 69.0 cm³/mol. The van der Waals surface area contributed by atoms with Gasteiger partial charge in [0.2, 0.25) is 0 Å². The summed E-state index contributed by atoms with van der Waals surface area (Å²) in [6.45, 7) is 0. The topological polar surface area (TPSA) is 17.1 Å². The van der Waals surface area contributed by atoms with Crippen LogP contribution in [0.1, 0.15) is 15.9 Å². The Morgan fingerprint density at radius 2 is 1.62 bits per heavy atom. The third kappa shape index (κ3) is 2.52. The Balaban J connectivity index is 2.39. The standard InChI is InChI=1S/C13H8BrClO/c14-11-5-1-3-9(7-11)13(16)10-4-2-6-12(15)8-10/h1-8H. The number of carbonyl (C=O) groups excluding carboxylic acids is 1. The second-order valence-corrected chi connectivity index (χ2v) is 4.70. The van der Waals surface area contributed by atoms with Crippen LogP contribution in [0.25, 0.3) is 0 Å². The highest BCUT2D eigenvalue weighted by Gasteiger charge is 2.09. The van der Waals surface area contributed by atoms with Crippen LogP contribution in [0.15, 0.2) is 53.0 Å². The quantitative estimate of drug-likeness (QED) is 0.754. The molecule has 2 rings (SSSR count). The lowest BCUT2D eigenvalue weighted by atomic mass is 10.0. The van der Waals surface area contributed by atoms with Crippen LogP contribution in [0.3, 0.4) is 0 Å². The van der Waals surface area contributed by atoms with Gasteiger partial charge in [-0.2, -0.15) is 0 Å². The van der Waals surface area contributed by atoms with Crippen LogP contribution < -0.4 is 0 Å². The molecule has 80 valence electrons. The molecule has 0 aliphatic rings. The number of rotatable bonds is 2. The first-order valence-electron chi connectivity index (χ1n) is 4.72. The molecule has 0 amide bonds. The molecule has 2 aromatic carbocycles. The van der Waals surface area contributed by atoms with Gasteiger partial charge in [0.25, 0.3) is 0 Å². The largest absolute Gasteiger partial charge is 0.289 e. The van der Waals surface area contributed by atoms with Gasteiger partial charge in [0.1, 0.15) is 0 Å². The van der Waals surface area contributed by atoms with Crippen LogP contribution in [0.5, 0.6) is 0 Å². The second kappa shape index (κ2) is 4.81. The first kappa shape index (κ1) is 11.4. The van der Waals surface area contributed by atoms with E-state index >= 15 is 0 Å². The minimum absolute atomic E-state index is 0.0243. The molecule has 0 unspecified atom stereocenters. The van der Waals surface area contributed by atoms with Crippen LogP contribution in [-0.4, -0.2) is 5.78 Å². The highest BCUT2D eigenvalue weighted by molar-refractivity contribution is 9.10. The summed E-state index contributed by atoms with van der Waals surface area (Å²) in [5.41, 5.74) is 1.25. The van der Waals surface area contributed by atoms with Gasteiger partial charge in [-0.05, 0) is 24.3 Å². The molecule has 0 fully saturated rings. The summed E-state index contributed by atoms with van der Waals surface area (Å²) in [4.78, 5) is 12.1. The Bertz CT molecular complexity index is 489. The van der Waals surface area contributed by atoms with Gasteiger partial charge < -0.3 is 0 Å². The molecule has 0 saturated heterocycles. The van der Waals surface area contributed by atoms with Gasteiger partial charge in [-0.3, -0.25) is 4.79 Å². The maximum atomic E-state index is 12.1. The average molecular weight is 296 g/mol. The van der Waals surface area contributed by atoms with Crippen molar-refractivity contribution in [2.45, 2.75) is 0 Å². The van der Waals surface area contributed by atoms with Crippen molar-refractivity contribution in [3.63, 3.8) is 0 Å². The minimum Gasteiger partial charge on any atom is -0.289 e. The molecule has 0 saturated carbocycles. The van der Waals surface area contributed by atoms with Gasteiger partial charge >= 0.3 is 0 Å². The molecule has 0 aliphatic carbocycles. The molecule has 0 heterocycles. The van der Waals surface area contributed by atoms with Gasteiger partial charge in [-0.1, -0.05) is 51.8 Å². The first-order chi connectivity index (χ1) is 7.66. The molecule has 1 nitrogen and oxygen atoms in total. The zero-order valence-electron chi connectivity index (χ0n) is 8.28. The summed E-state index contributed by atoms with van der Waals surface area (Å²) in [7, 11) is 0. The van der Waals surface area contributed by atoms with E-state index in [9.17, 15) is 4.79 Å². The van der Waals surface area contributed by atoms with Gasteiger partial charge in [0.15, 0.2) is 5.78 Å². The van der Waals surface area contributed by atoms with Crippen molar-refractivity contribution >= 4 is 33.3 Å². The zero-order valence-corrected chi connectivity index (χ0v) is 10.6. The summed E-state index contributed by atoms with van der Waals surface area (Å²) in [6.07, 6.45) is 0. The lowest BCUT2D eigenvalue weighted by Crippen LogP contribution is -2.00. The lowest BCUT2D eigenvalue weighted by molar-refractivity contribution is 0.103. The predicted octanol–water partition coefficient (Wildman–Crippen LogP) is 4.33. The molecule has 3 heteroatoms. The van der Waals surface area contributed by atoms with E-state index in [0.29, 0.717) is 16.1 Å². The Hall–Kier alpha value is -1.12. The summed E-state index contributed by atoms with van der Waals surface area (Å²) >= 11 is 9.19. The maximum Gasteiger partial charge on any atom is 0.193 e. The fraction of sp³-hybridized carbons (Fsp3) is 0. The molecular formula is C13H8BrClO. The molecule has 0 aliphatic heterocycles. The fourth-order valence-electron chi connectivity index (χ4n) is 1.43. The van der Waals surface area contributed by atoms with Crippen molar-refractivity contribution in [1.29, 1.82) is 0 Å². The number of halogens is 2. The van der Waals surface area contributed by atoms with E-state index in [-0.39, 0.29) is 5.78 Å². The lowest BCUT2D eigenvalue weighted by Gasteiger charge is -2.02. The van der Waals surface area contributed by atoms with Crippen LogP contribution >= 0.6 is 27.5 Å². The van der Waals surface area contributed by atoms with Crippen LogP contribution in [0, 0.1) is 0 Å². The fourth-order valence-corrected chi connectivity index (χ4v) is 2.02. The molecule has 0 aromatic heterocycles. The molecule has 0 spiro atoms. The van der Waals surface area contributed by atoms with Gasteiger partial charge in [0, 0.05) is 20.6 Å². The number of benzene rings is 2. The van der Waals surface area contributed by atoms with Crippen molar-refractivity contribution in [3.8, 4) is 0 Å².